The molecular weight excluding hydrogens is 384 g/mol. The minimum atomic E-state index is 0.437. The molecule has 0 unspecified atom stereocenters. The number of nitrogens with one attached hydrogen (secondary N) is 2. The van der Waals surface area contributed by atoms with E-state index in [2.05, 4.69) is 39.8 Å². The van der Waals surface area contributed by atoms with Crippen LogP contribution >= 0.6 is 22.9 Å². The number of benzene rings is 1. The van der Waals surface area contributed by atoms with Crippen molar-refractivity contribution in [3.8, 4) is 11.5 Å². The number of halogens is 1. The first-order chi connectivity index (χ1) is 13.0. The molecule has 6 nitrogen and oxygen atoms in total. The van der Waals surface area contributed by atoms with Gasteiger partial charge in [0.1, 0.15) is 5.01 Å². The van der Waals surface area contributed by atoms with Crippen LogP contribution in [0.3, 0.4) is 0 Å². The van der Waals surface area contributed by atoms with Gasteiger partial charge in [0.25, 0.3) is 0 Å². The van der Waals surface area contributed by atoms with Gasteiger partial charge < -0.3 is 20.1 Å². The fourth-order valence-corrected chi connectivity index (χ4v) is 3.58. The molecular formula is C19H27ClN4O2S. The van der Waals surface area contributed by atoms with Gasteiger partial charge in [-0.25, -0.2) is 4.98 Å². The lowest BCUT2D eigenvalue weighted by Crippen LogP contribution is -2.36. The molecule has 0 saturated carbocycles. The lowest BCUT2D eigenvalue weighted by atomic mass is 10.2. The number of methoxy groups -OCH3 is 1. The normalized spacial score (nSPS) is 11.6. The van der Waals surface area contributed by atoms with Crippen LogP contribution < -0.4 is 20.1 Å². The van der Waals surface area contributed by atoms with Gasteiger partial charge in [-0.2, -0.15) is 0 Å². The summed E-state index contributed by atoms with van der Waals surface area (Å²) in [5.74, 6) is 2.32. The average molecular weight is 411 g/mol. The molecule has 2 rings (SSSR count). The highest BCUT2D eigenvalue weighted by Gasteiger charge is 2.12. The Balaban J connectivity index is 1.96. The number of thiazole rings is 1. The smallest absolute Gasteiger partial charge is 0.191 e. The summed E-state index contributed by atoms with van der Waals surface area (Å²) in [5, 5.41) is 10.2. The second-order valence-electron chi connectivity index (χ2n) is 6.14. The van der Waals surface area contributed by atoms with Crippen molar-refractivity contribution < 1.29 is 9.47 Å². The van der Waals surface area contributed by atoms with E-state index in [1.807, 2.05) is 19.1 Å². The van der Waals surface area contributed by atoms with Gasteiger partial charge in [-0.3, -0.25) is 4.99 Å². The number of guanidine groups is 1. The number of nitrogens with zero attached hydrogens (tertiary/aromatic N) is 2. The Hall–Kier alpha value is -1.99. The summed E-state index contributed by atoms with van der Waals surface area (Å²) >= 11 is 7.98. The monoisotopic (exact) mass is 410 g/mol. The Morgan fingerprint density at radius 2 is 2.04 bits per heavy atom. The summed E-state index contributed by atoms with van der Waals surface area (Å²) < 4.78 is 10.9. The zero-order valence-electron chi connectivity index (χ0n) is 16.4. The van der Waals surface area contributed by atoms with Gasteiger partial charge in [-0.15, -0.1) is 11.3 Å². The molecule has 1 aromatic heterocycles. The van der Waals surface area contributed by atoms with E-state index in [0.717, 1.165) is 16.3 Å². The highest BCUT2D eigenvalue weighted by atomic mass is 35.5. The van der Waals surface area contributed by atoms with Crippen molar-refractivity contribution in [2.75, 3.05) is 20.8 Å². The van der Waals surface area contributed by atoms with Crippen LogP contribution in [0, 0.1) is 0 Å². The van der Waals surface area contributed by atoms with Crippen molar-refractivity contribution in [2.45, 2.75) is 39.8 Å². The Morgan fingerprint density at radius 3 is 2.63 bits per heavy atom. The van der Waals surface area contributed by atoms with E-state index >= 15 is 0 Å². The average Bonchev–Trinajstić information content (AvgIpc) is 3.13. The molecule has 0 saturated heterocycles. The molecule has 0 radical (unpaired) electrons. The van der Waals surface area contributed by atoms with Gasteiger partial charge in [0.2, 0.25) is 0 Å². The van der Waals surface area contributed by atoms with Crippen LogP contribution in [0.4, 0.5) is 0 Å². The summed E-state index contributed by atoms with van der Waals surface area (Å²) in [6.45, 7) is 7.90. The van der Waals surface area contributed by atoms with E-state index in [0.29, 0.717) is 48.1 Å². The predicted octanol–water partition coefficient (Wildman–Crippen LogP) is 4.19. The summed E-state index contributed by atoms with van der Waals surface area (Å²) in [6, 6.07) is 3.78. The molecule has 0 aliphatic carbocycles. The molecule has 1 heterocycles. The number of ether oxygens (including phenoxy) is 2. The Labute approximate surface area is 170 Å². The molecule has 148 valence electrons. The van der Waals surface area contributed by atoms with Gasteiger partial charge in [0, 0.05) is 19.0 Å². The van der Waals surface area contributed by atoms with Crippen LogP contribution in [0.25, 0.3) is 0 Å². The molecule has 0 fully saturated rings. The SMILES string of the molecule is CCOc1c(Cl)cc(CNC(=NC)NCc2nc(C(C)C)cs2)cc1OC. The van der Waals surface area contributed by atoms with Crippen molar-refractivity contribution in [1.82, 2.24) is 15.6 Å². The van der Waals surface area contributed by atoms with Gasteiger partial charge in [-0.1, -0.05) is 25.4 Å². The third kappa shape index (κ3) is 6.01. The number of aromatic nitrogens is 1. The van der Waals surface area contributed by atoms with Crippen molar-refractivity contribution in [3.05, 3.63) is 38.8 Å². The fraction of sp³-hybridized carbons (Fsp3) is 0.474. The van der Waals surface area contributed by atoms with Crippen LogP contribution in [0.2, 0.25) is 5.02 Å². The van der Waals surface area contributed by atoms with Gasteiger partial charge in [-0.05, 0) is 30.5 Å². The number of hydrogen-bond donors (Lipinski definition) is 2. The first-order valence-electron chi connectivity index (χ1n) is 8.86. The molecule has 0 bridgehead atoms. The van der Waals surface area contributed by atoms with E-state index in [9.17, 15) is 0 Å². The van der Waals surface area contributed by atoms with Crippen LogP contribution in [0.5, 0.6) is 11.5 Å². The molecule has 0 spiro atoms. The van der Waals surface area contributed by atoms with Crippen LogP contribution in [-0.4, -0.2) is 31.7 Å². The molecule has 2 aromatic rings. The van der Waals surface area contributed by atoms with E-state index in [4.69, 9.17) is 21.1 Å². The van der Waals surface area contributed by atoms with E-state index in [-0.39, 0.29) is 0 Å². The number of rotatable bonds is 8. The van der Waals surface area contributed by atoms with Crippen molar-refractivity contribution in [2.24, 2.45) is 4.99 Å². The fourth-order valence-electron chi connectivity index (χ4n) is 2.40. The molecule has 0 aliphatic rings. The lowest BCUT2D eigenvalue weighted by molar-refractivity contribution is 0.311. The molecule has 8 heteroatoms. The van der Waals surface area contributed by atoms with Gasteiger partial charge >= 0.3 is 0 Å². The standard InChI is InChI=1S/C19H27ClN4O2S/c1-6-26-18-14(20)7-13(8-16(18)25-5)9-22-19(21-4)23-10-17-24-15(11-27-17)12(2)3/h7-8,11-12H,6,9-10H2,1-5H3,(H2,21,22,23). The topological polar surface area (TPSA) is 67.8 Å². The van der Waals surface area contributed by atoms with Gasteiger partial charge in [0.05, 0.1) is 31.0 Å². The van der Waals surface area contributed by atoms with Crippen molar-refractivity contribution in [3.63, 3.8) is 0 Å². The Morgan fingerprint density at radius 1 is 1.30 bits per heavy atom. The van der Waals surface area contributed by atoms with Crippen molar-refractivity contribution >= 4 is 28.9 Å². The summed E-state index contributed by atoms with van der Waals surface area (Å²) in [4.78, 5) is 8.88. The van der Waals surface area contributed by atoms with Crippen LogP contribution in [0.1, 0.15) is 43.0 Å². The first-order valence-corrected chi connectivity index (χ1v) is 10.1. The first kappa shape index (κ1) is 21.3. The lowest BCUT2D eigenvalue weighted by Gasteiger charge is -2.15. The van der Waals surface area contributed by atoms with Crippen LogP contribution in [0.15, 0.2) is 22.5 Å². The van der Waals surface area contributed by atoms with E-state index < -0.39 is 0 Å². The van der Waals surface area contributed by atoms with E-state index in [1.54, 1.807) is 25.5 Å². The Bertz CT molecular complexity index is 777. The highest BCUT2D eigenvalue weighted by Crippen LogP contribution is 2.36. The Kier molecular flexibility index (Phi) is 8.19. The number of aliphatic imine (C=N–C) groups is 1. The molecule has 1 aromatic carbocycles. The quantitative estimate of drug-likeness (QED) is 0.504. The zero-order chi connectivity index (χ0) is 19.8. The van der Waals surface area contributed by atoms with Gasteiger partial charge in [0.15, 0.2) is 17.5 Å². The maximum absolute atomic E-state index is 6.32. The highest BCUT2D eigenvalue weighted by molar-refractivity contribution is 7.09. The summed E-state index contributed by atoms with van der Waals surface area (Å²) in [5.41, 5.74) is 2.09. The molecule has 2 N–H and O–H groups in total. The predicted molar refractivity (Wildman–Crippen MR) is 112 cm³/mol. The second kappa shape index (κ2) is 10.4. The minimum absolute atomic E-state index is 0.437. The minimum Gasteiger partial charge on any atom is -0.493 e. The second-order valence-corrected chi connectivity index (χ2v) is 7.49. The summed E-state index contributed by atoms with van der Waals surface area (Å²) in [7, 11) is 3.34. The molecule has 27 heavy (non-hydrogen) atoms. The molecule has 0 aliphatic heterocycles. The molecule has 0 amide bonds. The zero-order valence-corrected chi connectivity index (χ0v) is 18.0. The van der Waals surface area contributed by atoms with Crippen LogP contribution in [-0.2, 0) is 13.1 Å². The molecule has 0 atom stereocenters. The maximum atomic E-state index is 6.32. The maximum Gasteiger partial charge on any atom is 0.191 e. The number of hydrogen-bond acceptors (Lipinski definition) is 5. The summed E-state index contributed by atoms with van der Waals surface area (Å²) in [6.07, 6.45) is 0. The largest absolute Gasteiger partial charge is 0.493 e. The van der Waals surface area contributed by atoms with E-state index in [1.165, 1.54) is 0 Å². The van der Waals surface area contributed by atoms with Crippen molar-refractivity contribution in [1.29, 1.82) is 0 Å². The third-order valence-electron chi connectivity index (χ3n) is 3.83. The third-order valence-corrected chi connectivity index (χ3v) is 4.98.